The molecule has 27 heavy (non-hydrogen) atoms. The van der Waals surface area contributed by atoms with Crippen LogP contribution in [0, 0.1) is 6.92 Å². The first-order chi connectivity index (χ1) is 13.0. The van der Waals surface area contributed by atoms with Gasteiger partial charge in [0.05, 0.1) is 0 Å². The van der Waals surface area contributed by atoms with Crippen LogP contribution in [-0.4, -0.2) is 40.0 Å². The first-order valence-corrected chi connectivity index (χ1v) is 10.1. The molecule has 1 saturated heterocycles. The van der Waals surface area contributed by atoms with Gasteiger partial charge in [0.1, 0.15) is 5.82 Å². The third kappa shape index (κ3) is 5.42. The number of nitrogens with zero attached hydrogens (tertiary/aromatic N) is 3. The SMILES string of the molecule is Cc1ccc(CNC(=O)CCN2CCC[C@@H](c3nccn3C(C)C)C2)cc1. The van der Waals surface area contributed by atoms with Gasteiger partial charge in [-0.3, -0.25) is 4.79 Å². The van der Waals surface area contributed by atoms with Gasteiger partial charge in [0.2, 0.25) is 5.91 Å². The van der Waals surface area contributed by atoms with Crippen molar-refractivity contribution in [1.82, 2.24) is 19.8 Å². The summed E-state index contributed by atoms with van der Waals surface area (Å²) in [4.78, 5) is 19.3. The number of imidazole rings is 1. The molecule has 0 aliphatic carbocycles. The van der Waals surface area contributed by atoms with E-state index in [2.05, 4.69) is 71.0 Å². The highest BCUT2D eigenvalue weighted by Gasteiger charge is 2.25. The molecule has 2 heterocycles. The van der Waals surface area contributed by atoms with E-state index in [9.17, 15) is 4.79 Å². The van der Waals surface area contributed by atoms with Gasteiger partial charge in [-0.2, -0.15) is 0 Å². The summed E-state index contributed by atoms with van der Waals surface area (Å²) in [5, 5.41) is 3.04. The molecular formula is C22H32N4O. The third-order valence-electron chi connectivity index (χ3n) is 5.39. The quantitative estimate of drug-likeness (QED) is 0.811. The van der Waals surface area contributed by atoms with Crippen LogP contribution in [0.1, 0.15) is 62.0 Å². The van der Waals surface area contributed by atoms with Gasteiger partial charge in [-0.05, 0) is 45.7 Å². The summed E-state index contributed by atoms with van der Waals surface area (Å²) in [5.74, 6) is 1.78. The van der Waals surface area contributed by atoms with Gasteiger partial charge in [0.15, 0.2) is 0 Å². The Labute approximate surface area is 162 Å². The molecule has 1 fully saturated rings. The predicted octanol–water partition coefficient (Wildman–Crippen LogP) is 3.66. The third-order valence-corrected chi connectivity index (χ3v) is 5.39. The van der Waals surface area contributed by atoms with Gasteiger partial charge in [-0.1, -0.05) is 29.8 Å². The number of amides is 1. The molecule has 1 amide bonds. The van der Waals surface area contributed by atoms with Crippen LogP contribution >= 0.6 is 0 Å². The lowest BCUT2D eigenvalue weighted by Crippen LogP contribution is -2.38. The lowest BCUT2D eigenvalue weighted by Gasteiger charge is -2.33. The molecule has 1 N–H and O–H groups in total. The Morgan fingerprint density at radius 3 is 2.81 bits per heavy atom. The average Bonchev–Trinajstić information content (AvgIpc) is 3.16. The minimum absolute atomic E-state index is 0.126. The lowest BCUT2D eigenvalue weighted by atomic mass is 9.96. The molecule has 146 valence electrons. The van der Waals surface area contributed by atoms with Crippen LogP contribution in [0.25, 0.3) is 0 Å². The number of piperidine rings is 1. The van der Waals surface area contributed by atoms with E-state index in [0.29, 0.717) is 24.9 Å². The van der Waals surface area contributed by atoms with Crippen molar-refractivity contribution in [3.05, 3.63) is 53.6 Å². The standard InChI is InChI=1S/C22H32N4O/c1-17(2)26-14-11-23-22(26)20-5-4-12-25(16-20)13-10-21(27)24-15-19-8-6-18(3)7-9-19/h6-9,11,14,17,20H,4-5,10,12-13,15-16H2,1-3H3,(H,24,27)/t20-/m1/s1. The van der Waals surface area contributed by atoms with E-state index in [-0.39, 0.29) is 5.91 Å². The highest BCUT2D eigenvalue weighted by Crippen LogP contribution is 2.27. The van der Waals surface area contributed by atoms with Gasteiger partial charge in [0, 0.05) is 50.4 Å². The Bertz CT molecular complexity index is 735. The zero-order valence-corrected chi connectivity index (χ0v) is 16.8. The van der Waals surface area contributed by atoms with E-state index in [0.717, 1.165) is 25.2 Å². The second kappa shape index (κ2) is 9.18. The number of hydrogen-bond donors (Lipinski definition) is 1. The minimum Gasteiger partial charge on any atom is -0.352 e. The number of aryl methyl sites for hydroxylation is 1. The normalized spacial score (nSPS) is 18.0. The number of carbonyl (C=O) groups excluding carboxylic acids is 1. The van der Waals surface area contributed by atoms with Gasteiger partial charge in [-0.25, -0.2) is 4.98 Å². The zero-order chi connectivity index (χ0) is 19.2. The van der Waals surface area contributed by atoms with Crippen molar-refractivity contribution in [2.45, 2.75) is 58.5 Å². The van der Waals surface area contributed by atoms with Crippen LogP contribution in [0.2, 0.25) is 0 Å². The lowest BCUT2D eigenvalue weighted by molar-refractivity contribution is -0.121. The maximum absolute atomic E-state index is 12.2. The predicted molar refractivity (Wildman–Crippen MR) is 109 cm³/mol. The van der Waals surface area contributed by atoms with Crippen LogP contribution in [-0.2, 0) is 11.3 Å². The number of aromatic nitrogens is 2. The number of hydrogen-bond acceptors (Lipinski definition) is 3. The van der Waals surface area contributed by atoms with Gasteiger partial charge < -0.3 is 14.8 Å². The van der Waals surface area contributed by atoms with E-state index in [1.54, 1.807) is 0 Å². The van der Waals surface area contributed by atoms with E-state index >= 15 is 0 Å². The number of carbonyl (C=O) groups is 1. The maximum Gasteiger partial charge on any atom is 0.221 e. The van der Waals surface area contributed by atoms with Crippen molar-refractivity contribution in [2.24, 2.45) is 0 Å². The van der Waals surface area contributed by atoms with Crippen LogP contribution < -0.4 is 5.32 Å². The zero-order valence-electron chi connectivity index (χ0n) is 16.8. The summed E-state index contributed by atoms with van der Waals surface area (Å²) in [6, 6.07) is 8.74. The molecule has 1 aromatic heterocycles. The summed E-state index contributed by atoms with van der Waals surface area (Å²) in [7, 11) is 0. The second-order valence-electron chi connectivity index (χ2n) is 7.94. The first-order valence-electron chi connectivity index (χ1n) is 10.1. The summed E-state index contributed by atoms with van der Waals surface area (Å²) in [5.41, 5.74) is 2.38. The Morgan fingerprint density at radius 1 is 1.30 bits per heavy atom. The van der Waals surface area contributed by atoms with Crippen LogP contribution in [0.3, 0.4) is 0 Å². The summed E-state index contributed by atoms with van der Waals surface area (Å²) in [6.45, 7) is 9.96. The Balaban J connectivity index is 1.45. The van der Waals surface area contributed by atoms with Crippen molar-refractivity contribution in [3.63, 3.8) is 0 Å². The number of nitrogens with one attached hydrogen (secondary N) is 1. The van der Waals surface area contributed by atoms with E-state index in [4.69, 9.17) is 0 Å². The molecular weight excluding hydrogens is 336 g/mol. The minimum atomic E-state index is 0.126. The molecule has 0 unspecified atom stereocenters. The molecule has 5 nitrogen and oxygen atoms in total. The van der Waals surface area contributed by atoms with Crippen molar-refractivity contribution in [3.8, 4) is 0 Å². The topological polar surface area (TPSA) is 50.2 Å². The molecule has 5 heteroatoms. The van der Waals surface area contributed by atoms with Gasteiger partial charge in [-0.15, -0.1) is 0 Å². The molecule has 0 spiro atoms. The molecule has 2 aromatic rings. The summed E-state index contributed by atoms with van der Waals surface area (Å²) >= 11 is 0. The molecule has 0 radical (unpaired) electrons. The first kappa shape index (κ1) is 19.6. The molecule has 1 aliphatic rings. The van der Waals surface area contributed by atoms with E-state index in [1.165, 1.54) is 24.2 Å². The monoisotopic (exact) mass is 368 g/mol. The van der Waals surface area contributed by atoms with Gasteiger partial charge in [0.25, 0.3) is 0 Å². The van der Waals surface area contributed by atoms with E-state index in [1.807, 2.05) is 6.20 Å². The van der Waals surface area contributed by atoms with Crippen LogP contribution in [0.5, 0.6) is 0 Å². The van der Waals surface area contributed by atoms with Crippen molar-refractivity contribution < 1.29 is 4.79 Å². The van der Waals surface area contributed by atoms with Gasteiger partial charge >= 0.3 is 0 Å². The van der Waals surface area contributed by atoms with Crippen LogP contribution in [0.4, 0.5) is 0 Å². The van der Waals surface area contributed by atoms with Crippen molar-refractivity contribution >= 4 is 5.91 Å². The Morgan fingerprint density at radius 2 is 2.07 bits per heavy atom. The summed E-state index contributed by atoms with van der Waals surface area (Å²) < 4.78 is 2.28. The van der Waals surface area contributed by atoms with Crippen molar-refractivity contribution in [2.75, 3.05) is 19.6 Å². The molecule has 1 aromatic carbocycles. The molecule has 0 saturated carbocycles. The number of likely N-dealkylation sites (tertiary alicyclic amines) is 1. The Kier molecular flexibility index (Phi) is 6.67. The van der Waals surface area contributed by atoms with Crippen LogP contribution in [0.15, 0.2) is 36.7 Å². The fourth-order valence-electron chi connectivity index (χ4n) is 3.80. The summed E-state index contributed by atoms with van der Waals surface area (Å²) in [6.07, 6.45) is 6.89. The molecule has 0 bridgehead atoms. The second-order valence-corrected chi connectivity index (χ2v) is 7.94. The number of benzene rings is 1. The molecule has 1 aliphatic heterocycles. The smallest absolute Gasteiger partial charge is 0.221 e. The molecule has 1 atom stereocenters. The van der Waals surface area contributed by atoms with E-state index < -0.39 is 0 Å². The highest BCUT2D eigenvalue weighted by molar-refractivity contribution is 5.76. The average molecular weight is 369 g/mol. The molecule has 3 rings (SSSR count). The Hall–Kier alpha value is -2.14. The van der Waals surface area contributed by atoms with Crippen molar-refractivity contribution in [1.29, 1.82) is 0 Å². The fraction of sp³-hybridized carbons (Fsp3) is 0.545. The highest BCUT2D eigenvalue weighted by atomic mass is 16.1. The fourth-order valence-corrected chi connectivity index (χ4v) is 3.80. The number of rotatable bonds is 7. The largest absolute Gasteiger partial charge is 0.352 e. The maximum atomic E-state index is 12.2.